The summed E-state index contributed by atoms with van der Waals surface area (Å²) >= 11 is 0. The van der Waals surface area contributed by atoms with E-state index in [1.807, 2.05) is 0 Å². The van der Waals surface area contributed by atoms with Crippen molar-refractivity contribution in [2.24, 2.45) is 0 Å². The lowest BCUT2D eigenvalue weighted by Gasteiger charge is -2.33. The summed E-state index contributed by atoms with van der Waals surface area (Å²) < 4.78 is 13.6. The highest BCUT2D eigenvalue weighted by atomic mass is 19.1. The molecule has 0 radical (unpaired) electrons. The zero-order valence-electron chi connectivity index (χ0n) is 9.97. The summed E-state index contributed by atoms with van der Waals surface area (Å²) in [4.78, 5) is 24.4. The molecule has 1 heterocycles. The number of rotatable bonds is 2. The number of aromatic hydroxyl groups is 1. The fourth-order valence-corrected chi connectivity index (χ4v) is 2.00. The lowest BCUT2D eigenvalue weighted by Crippen LogP contribution is -2.57. The van der Waals surface area contributed by atoms with Crippen molar-refractivity contribution in [3.05, 3.63) is 29.6 Å². The lowest BCUT2D eigenvalue weighted by atomic mass is 10.1. The Kier molecular flexibility index (Phi) is 3.66. The van der Waals surface area contributed by atoms with Crippen LogP contribution in [0.1, 0.15) is 10.4 Å². The number of carbonyl (C=O) groups excluding carboxylic acids is 1. The molecule has 2 rings (SSSR count). The number of aliphatic carboxylic acids is 1. The second kappa shape index (κ2) is 5.23. The Hall–Kier alpha value is -2.15. The topological polar surface area (TPSA) is 89.9 Å². The average Bonchev–Trinajstić information content (AvgIpc) is 2.38. The molecule has 0 spiro atoms. The van der Waals surface area contributed by atoms with Gasteiger partial charge in [-0.3, -0.25) is 4.79 Å². The molecule has 0 saturated carbocycles. The first kappa shape index (κ1) is 13.3. The van der Waals surface area contributed by atoms with Crippen LogP contribution in [-0.2, 0) is 4.79 Å². The van der Waals surface area contributed by atoms with Crippen LogP contribution in [0, 0.1) is 5.82 Å². The number of amides is 1. The van der Waals surface area contributed by atoms with Crippen LogP contribution >= 0.6 is 0 Å². The molecule has 0 bridgehead atoms. The van der Waals surface area contributed by atoms with Crippen molar-refractivity contribution < 1.29 is 24.2 Å². The standard InChI is InChI=1S/C12H13FN2O4/c13-9-5-7(16)1-2-8(9)11(17)15-4-3-14-6-10(15)12(18)19/h1-2,5,10,14,16H,3-4,6H2,(H,18,19). The Labute approximate surface area is 108 Å². The third-order valence-corrected chi connectivity index (χ3v) is 2.97. The number of carbonyl (C=O) groups is 2. The molecule has 1 saturated heterocycles. The first-order valence-electron chi connectivity index (χ1n) is 5.73. The van der Waals surface area contributed by atoms with Gasteiger partial charge in [-0.2, -0.15) is 0 Å². The van der Waals surface area contributed by atoms with Gasteiger partial charge in [0.2, 0.25) is 0 Å². The predicted octanol–water partition coefficient (Wildman–Crippen LogP) is 0.0299. The Balaban J connectivity index is 2.28. The predicted molar refractivity (Wildman–Crippen MR) is 63.4 cm³/mol. The number of piperazine rings is 1. The minimum Gasteiger partial charge on any atom is -0.508 e. The van der Waals surface area contributed by atoms with Crippen LogP contribution in [0.4, 0.5) is 4.39 Å². The second-order valence-electron chi connectivity index (χ2n) is 4.22. The largest absolute Gasteiger partial charge is 0.508 e. The number of phenols is 1. The van der Waals surface area contributed by atoms with Gasteiger partial charge in [0.25, 0.3) is 5.91 Å². The maximum atomic E-state index is 13.6. The van der Waals surface area contributed by atoms with Crippen LogP contribution in [0.2, 0.25) is 0 Å². The van der Waals surface area contributed by atoms with E-state index in [1.165, 1.54) is 6.07 Å². The van der Waals surface area contributed by atoms with Crippen LogP contribution in [0.3, 0.4) is 0 Å². The fourth-order valence-electron chi connectivity index (χ4n) is 2.00. The normalized spacial score (nSPS) is 19.2. The van der Waals surface area contributed by atoms with Crippen LogP contribution < -0.4 is 5.32 Å². The molecule has 0 aromatic heterocycles. The summed E-state index contributed by atoms with van der Waals surface area (Å²) in [6.45, 7) is 0.770. The molecule has 1 fully saturated rings. The molecule has 1 unspecified atom stereocenters. The van der Waals surface area contributed by atoms with E-state index in [4.69, 9.17) is 10.2 Å². The Morgan fingerprint density at radius 2 is 2.16 bits per heavy atom. The maximum absolute atomic E-state index is 13.6. The highest BCUT2D eigenvalue weighted by molar-refractivity contribution is 5.97. The molecule has 1 amide bonds. The van der Waals surface area contributed by atoms with Crippen molar-refractivity contribution in [2.75, 3.05) is 19.6 Å². The molecular formula is C12H13FN2O4. The van der Waals surface area contributed by atoms with E-state index in [0.717, 1.165) is 17.0 Å². The van der Waals surface area contributed by atoms with Crippen molar-refractivity contribution in [1.29, 1.82) is 0 Å². The van der Waals surface area contributed by atoms with Gasteiger partial charge in [0.1, 0.15) is 17.6 Å². The second-order valence-corrected chi connectivity index (χ2v) is 4.22. The number of carboxylic acid groups (broad SMARTS) is 1. The van der Waals surface area contributed by atoms with E-state index < -0.39 is 23.7 Å². The van der Waals surface area contributed by atoms with Gasteiger partial charge >= 0.3 is 5.97 Å². The van der Waals surface area contributed by atoms with E-state index in [9.17, 15) is 14.0 Å². The molecule has 19 heavy (non-hydrogen) atoms. The van der Waals surface area contributed by atoms with Gasteiger partial charge in [-0.05, 0) is 12.1 Å². The first-order chi connectivity index (χ1) is 9.00. The van der Waals surface area contributed by atoms with Gasteiger partial charge in [0.05, 0.1) is 5.56 Å². The zero-order chi connectivity index (χ0) is 14.0. The molecule has 102 valence electrons. The lowest BCUT2D eigenvalue weighted by molar-refractivity contribution is -0.142. The van der Waals surface area contributed by atoms with Gasteiger partial charge in [-0.1, -0.05) is 0 Å². The van der Waals surface area contributed by atoms with Gasteiger partial charge < -0.3 is 20.4 Å². The molecule has 1 aromatic carbocycles. The van der Waals surface area contributed by atoms with Crippen LogP contribution in [0.15, 0.2) is 18.2 Å². The van der Waals surface area contributed by atoms with Crippen LogP contribution in [0.5, 0.6) is 5.75 Å². The fraction of sp³-hybridized carbons (Fsp3) is 0.333. The maximum Gasteiger partial charge on any atom is 0.327 e. The molecule has 1 aliphatic heterocycles. The number of halogens is 1. The Morgan fingerprint density at radius 1 is 1.42 bits per heavy atom. The number of phenolic OH excluding ortho intramolecular Hbond substituents is 1. The van der Waals surface area contributed by atoms with Crippen LogP contribution in [0.25, 0.3) is 0 Å². The number of benzene rings is 1. The molecule has 1 aromatic rings. The number of hydrogen-bond donors (Lipinski definition) is 3. The Bertz CT molecular complexity index is 520. The summed E-state index contributed by atoms with van der Waals surface area (Å²) in [5, 5.41) is 21.0. The summed E-state index contributed by atoms with van der Waals surface area (Å²) in [5.74, 6) is -2.98. The van der Waals surface area contributed by atoms with Crippen LogP contribution in [-0.4, -0.2) is 52.7 Å². The summed E-state index contributed by atoms with van der Waals surface area (Å²) in [6, 6.07) is 2.14. The molecule has 6 nitrogen and oxygen atoms in total. The third-order valence-electron chi connectivity index (χ3n) is 2.97. The molecule has 7 heteroatoms. The smallest absolute Gasteiger partial charge is 0.327 e. The highest BCUT2D eigenvalue weighted by Gasteiger charge is 2.33. The van der Waals surface area contributed by atoms with E-state index in [-0.39, 0.29) is 24.4 Å². The zero-order valence-corrected chi connectivity index (χ0v) is 9.97. The van der Waals surface area contributed by atoms with E-state index in [1.54, 1.807) is 0 Å². The van der Waals surface area contributed by atoms with Gasteiger partial charge in [-0.15, -0.1) is 0 Å². The molecular weight excluding hydrogens is 255 g/mol. The van der Waals surface area contributed by atoms with Crippen molar-refractivity contribution in [2.45, 2.75) is 6.04 Å². The van der Waals surface area contributed by atoms with E-state index >= 15 is 0 Å². The summed E-state index contributed by atoms with van der Waals surface area (Å²) in [6.07, 6.45) is 0. The highest BCUT2D eigenvalue weighted by Crippen LogP contribution is 2.18. The van der Waals surface area contributed by atoms with Crippen molar-refractivity contribution in [3.63, 3.8) is 0 Å². The Morgan fingerprint density at radius 3 is 2.79 bits per heavy atom. The van der Waals surface area contributed by atoms with Gasteiger partial charge in [-0.25, -0.2) is 9.18 Å². The van der Waals surface area contributed by atoms with E-state index in [0.29, 0.717) is 6.54 Å². The monoisotopic (exact) mass is 268 g/mol. The SMILES string of the molecule is O=C(O)C1CNCCN1C(=O)c1ccc(O)cc1F. The quantitative estimate of drug-likeness (QED) is 0.704. The number of carboxylic acids is 1. The third kappa shape index (κ3) is 2.65. The molecule has 1 atom stereocenters. The van der Waals surface area contributed by atoms with Crippen molar-refractivity contribution >= 4 is 11.9 Å². The van der Waals surface area contributed by atoms with Crippen molar-refractivity contribution in [3.8, 4) is 5.75 Å². The van der Waals surface area contributed by atoms with E-state index in [2.05, 4.69) is 5.32 Å². The number of nitrogens with one attached hydrogen (secondary N) is 1. The summed E-state index contributed by atoms with van der Waals surface area (Å²) in [5.41, 5.74) is -0.244. The number of hydrogen-bond acceptors (Lipinski definition) is 4. The molecule has 0 aliphatic carbocycles. The number of nitrogens with zero attached hydrogens (tertiary/aromatic N) is 1. The van der Waals surface area contributed by atoms with Crippen molar-refractivity contribution in [1.82, 2.24) is 10.2 Å². The minimum atomic E-state index is -1.14. The minimum absolute atomic E-state index is 0.126. The van der Waals surface area contributed by atoms with Gasteiger partial charge in [0, 0.05) is 25.7 Å². The molecule has 1 aliphatic rings. The average molecular weight is 268 g/mol. The first-order valence-corrected chi connectivity index (χ1v) is 5.73. The van der Waals surface area contributed by atoms with Gasteiger partial charge in [0.15, 0.2) is 0 Å². The molecule has 3 N–H and O–H groups in total. The summed E-state index contributed by atoms with van der Waals surface area (Å²) in [7, 11) is 0.